The van der Waals surface area contributed by atoms with Gasteiger partial charge in [-0.25, -0.2) is 0 Å². The van der Waals surface area contributed by atoms with Gasteiger partial charge < -0.3 is 0 Å². The molecule has 0 saturated heterocycles. The topological polar surface area (TPSA) is 43.6 Å². The Morgan fingerprint density at radius 1 is 1.33 bits per heavy atom. The Hall–Kier alpha value is -0.814. The first-order valence-corrected chi connectivity index (χ1v) is 4.71. The Balaban J connectivity index is 2.92. The minimum absolute atomic E-state index is 0.805. The number of aromatic nitrogens is 4. The monoisotopic (exact) mass is 216 g/mol. The molecule has 0 aliphatic rings. The van der Waals surface area contributed by atoms with E-state index >= 15 is 0 Å². The molecule has 0 fully saturated rings. The van der Waals surface area contributed by atoms with Gasteiger partial charge in [-0.1, -0.05) is 0 Å². The summed E-state index contributed by atoms with van der Waals surface area (Å²) in [4.78, 5) is 8.56. The van der Waals surface area contributed by atoms with Gasteiger partial charge in [-0.05, 0) is 0 Å². The second-order valence-electron chi connectivity index (χ2n) is 2.68. The van der Waals surface area contributed by atoms with Crippen LogP contribution in [-0.4, -0.2) is 37.3 Å². The molecular weight excluding hydrogens is 210 g/mol. The fraction of sp³-hybridized carbons (Fsp3) is 0.286. The van der Waals surface area contributed by atoms with Crippen LogP contribution in [0.25, 0.3) is 11.0 Å². The predicted molar refractivity (Wildman–Crippen MR) is 45.9 cm³/mol. The first-order chi connectivity index (χ1) is 5.68. The number of fused-ring (bicyclic) bond motifs is 1. The average molecular weight is 217 g/mol. The van der Waals surface area contributed by atoms with E-state index in [-0.39, 0.29) is 0 Å². The molecule has 2 aromatic rings. The quantitative estimate of drug-likeness (QED) is 0.598. The summed E-state index contributed by atoms with van der Waals surface area (Å²) >= 11 is 1.43. The molecule has 0 bridgehead atoms. The normalized spacial score (nSPS) is 10.8. The Morgan fingerprint density at radius 3 is 2.83 bits per heavy atom. The molecular formula is C7H7GaN4. The molecule has 0 N–H and O–H groups in total. The van der Waals surface area contributed by atoms with Gasteiger partial charge in [0.2, 0.25) is 0 Å². The van der Waals surface area contributed by atoms with Crippen molar-refractivity contribution >= 4 is 29.9 Å². The van der Waals surface area contributed by atoms with E-state index in [2.05, 4.69) is 15.1 Å². The van der Waals surface area contributed by atoms with Crippen molar-refractivity contribution in [3.63, 3.8) is 0 Å². The standard InChI is InChI=1S/C7H7N4.Ga/c1-4-6-3-8-11-7(6)10-5(2)9-4;/h3H,1-2H3;/q-1;+1. The molecule has 2 heterocycles. The molecule has 0 aliphatic heterocycles. The van der Waals surface area contributed by atoms with Crippen molar-refractivity contribution in [2.45, 2.75) is 13.8 Å². The van der Waals surface area contributed by atoms with Crippen LogP contribution in [0.2, 0.25) is 0 Å². The summed E-state index contributed by atoms with van der Waals surface area (Å²) in [5.41, 5.74) is 1.93. The molecule has 58 valence electrons. The van der Waals surface area contributed by atoms with E-state index in [1.165, 1.54) is 18.8 Å². The fourth-order valence-corrected chi connectivity index (χ4v) is 1.76. The average Bonchev–Trinajstić information content (AvgIpc) is 2.33. The third-order valence-corrected chi connectivity index (χ3v) is 2.55. The Bertz CT molecular complexity index is 434. The van der Waals surface area contributed by atoms with Crippen LogP contribution in [-0.2, 0) is 0 Å². The third-order valence-electron chi connectivity index (χ3n) is 1.76. The zero-order valence-corrected chi connectivity index (χ0v) is 9.37. The van der Waals surface area contributed by atoms with Crippen LogP contribution in [0, 0.1) is 13.8 Å². The molecule has 0 amide bonds. The Morgan fingerprint density at radius 2 is 2.08 bits per heavy atom. The van der Waals surface area contributed by atoms with Crippen LogP contribution in [0.3, 0.4) is 0 Å². The van der Waals surface area contributed by atoms with Crippen molar-refractivity contribution in [3.05, 3.63) is 17.7 Å². The van der Waals surface area contributed by atoms with Gasteiger partial charge in [0.15, 0.2) is 0 Å². The Labute approximate surface area is 80.2 Å². The molecule has 0 saturated carbocycles. The Kier molecular flexibility index (Phi) is 1.69. The molecule has 2 radical (unpaired) electrons. The van der Waals surface area contributed by atoms with Gasteiger partial charge in [-0.3, -0.25) is 0 Å². The maximum atomic E-state index is 4.30. The van der Waals surface area contributed by atoms with Crippen molar-refractivity contribution in [2.24, 2.45) is 0 Å². The van der Waals surface area contributed by atoms with Gasteiger partial charge in [0.05, 0.1) is 0 Å². The van der Waals surface area contributed by atoms with Crippen LogP contribution in [0.4, 0.5) is 0 Å². The van der Waals surface area contributed by atoms with Crippen molar-refractivity contribution < 1.29 is 0 Å². The van der Waals surface area contributed by atoms with Gasteiger partial charge in [-0.2, -0.15) is 0 Å². The summed E-state index contributed by atoms with van der Waals surface area (Å²) in [6, 6.07) is 0. The van der Waals surface area contributed by atoms with Gasteiger partial charge in [0, 0.05) is 0 Å². The van der Waals surface area contributed by atoms with E-state index in [0.717, 1.165) is 22.6 Å². The van der Waals surface area contributed by atoms with Crippen molar-refractivity contribution in [2.75, 3.05) is 0 Å². The maximum absolute atomic E-state index is 4.30. The fourth-order valence-electron chi connectivity index (χ4n) is 1.20. The summed E-state index contributed by atoms with van der Waals surface area (Å²) in [6.07, 6.45) is 1.81. The van der Waals surface area contributed by atoms with Gasteiger partial charge in [0.25, 0.3) is 0 Å². The summed E-state index contributed by atoms with van der Waals surface area (Å²) in [5, 5.41) is 5.19. The molecule has 5 heteroatoms. The molecule has 2 rings (SSSR count). The molecule has 0 aromatic carbocycles. The first kappa shape index (κ1) is 7.82. The van der Waals surface area contributed by atoms with Gasteiger partial charge in [-0.15, -0.1) is 0 Å². The van der Waals surface area contributed by atoms with Crippen LogP contribution < -0.4 is 0 Å². The zero-order valence-electron chi connectivity index (χ0n) is 6.94. The number of aryl methyl sites for hydroxylation is 2. The molecule has 0 unspecified atom stereocenters. The second kappa shape index (κ2) is 2.60. The van der Waals surface area contributed by atoms with Gasteiger partial charge in [0.1, 0.15) is 0 Å². The summed E-state index contributed by atoms with van der Waals surface area (Å²) in [6.45, 7) is 3.87. The molecule has 12 heavy (non-hydrogen) atoms. The summed E-state index contributed by atoms with van der Waals surface area (Å²) < 4.78 is 1.82. The molecule has 0 spiro atoms. The number of hydrogen-bond donors (Lipinski definition) is 0. The van der Waals surface area contributed by atoms with Crippen molar-refractivity contribution in [1.82, 2.24) is 18.5 Å². The summed E-state index contributed by atoms with van der Waals surface area (Å²) in [5.74, 6) is 0.805. The van der Waals surface area contributed by atoms with E-state index in [0.29, 0.717) is 0 Å². The number of nitrogens with zero attached hydrogens (tertiary/aromatic N) is 4. The first-order valence-electron chi connectivity index (χ1n) is 3.62. The van der Waals surface area contributed by atoms with Crippen LogP contribution in [0.1, 0.15) is 11.5 Å². The van der Waals surface area contributed by atoms with Crippen LogP contribution >= 0.6 is 0 Å². The predicted octanol–water partition coefficient (Wildman–Crippen LogP) is 0.375. The molecule has 0 aliphatic carbocycles. The van der Waals surface area contributed by atoms with Gasteiger partial charge >= 0.3 is 79.9 Å². The van der Waals surface area contributed by atoms with E-state index in [9.17, 15) is 0 Å². The summed E-state index contributed by atoms with van der Waals surface area (Å²) in [7, 11) is 0. The van der Waals surface area contributed by atoms with Crippen molar-refractivity contribution in [3.8, 4) is 0 Å². The van der Waals surface area contributed by atoms with Crippen LogP contribution in [0.5, 0.6) is 0 Å². The molecule has 4 nitrogen and oxygen atoms in total. The van der Waals surface area contributed by atoms with E-state index in [4.69, 9.17) is 0 Å². The van der Waals surface area contributed by atoms with Crippen LogP contribution in [0.15, 0.2) is 6.20 Å². The number of rotatable bonds is 0. The minimum atomic E-state index is 0.805. The zero-order chi connectivity index (χ0) is 8.72. The van der Waals surface area contributed by atoms with E-state index in [1.54, 1.807) is 0 Å². The van der Waals surface area contributed by atoms with Crippen molar-refractivity contribution in [1.29, 1.82) is 0 Å². The second-order valence-corrected chi connectivity index (χ2v) is 3.71. The number of hydrogen-bond acceptors (Lipinski definition) is 3. The molecule has 0 atom stereocenters. The SMILES string of the molecule is Cc1nc(C)c2cn[n]([Ga])c2n1. The van der Waals surface area contributed by atoms with E-state index in [1.807, 2.05) is 23.4 Å². The third kappa shape index (κ3) is 1.05. The van der Waals surface area contributed by atoms with E-state index < -0.39 is 0 Å². The molecule has 2 aromatic heterocycles.